The molecule has 236 valence electrons. The first-order chi connectivity index (χ1) is 20.8. The Hall–Kier alpha value is -3.01. The number of amides is 2. The predicted molar refractivity (Wildman–Crippen MR) is 178 cm³/mol. The maximum Gasteiger partial charge on any atom is 0.326 e. The molecule has 0 aromatic heterocycles. The Morgan fingerprint density at radius 1 is 0.955 bits per heavy atom. The lowest BCUT2D eigenvalue weighted by atomic mass is 9.93. The van der Waals surface area contributed by atoms with Crippen LogP contribution in [0.5, 0.6) is 11.5 Å². The second kappa shape index (κ2) is 15.3. The summed E-state index contributed by atoms with van der Waals surface area (Å²) in [4.78, 5) is 25.8. The first-order valence-electron chi connectivity index (χ1n) is 14.7. The first-order valence-corrected chi connectivity index (χ1v) is 15.5. The zero-order valence-corrected chi connectivity index (χ0v) is 27.5. The molecule has 8 nitrogen and oxygen atoms in total. The summed E-state index contributed by atoms with van der Waals surface area (Å²) in [6.45, 7) is 9.49. The van der Waals surface area contributed by atoms with E-state index in [0.29, 0.717) is 72.3 Å². The average molecular weight is 662 g/mol. The van der Waals surface area contributed by atoms with Gasteiger partial charge in [-0.25, -0.2) is 4.79 Å². The highest BCUT2D eigenvalue weighted by atomic mass is 35.5. The van der Waals surface area contributed by atoms with E-state index < -0.39 is 12.1 Å². The summed E-state index contributed by atoms with van der Waals surface area (Å²) >= 11 is 12.6. The van der Waals surface area contributed by atoms with Crippen LogP contribution in [0, 0.1) is 0 Å². The molecule has 3 aromatic carbocycles. The first kappa shape index (κ1) is 33.9. The van der Waals surface area contributed by atoms with Gasteiger partial charge in [0, 0.05) is 42.8 Å². The Morgan fingerprint density at radius 3 is 2.14 bits per heavy atom. The number of β-amino-alcohol motifs (C(OH)–C–C–N with tert-alkyl or cyclic N) is 1. The van der Waals surface area contributed by atoms with Crippen LogP contribution in [0.25, 0.3) is 0 Å². The number of aliphatic hydroxyl groups excluding tert-OH is 1. The lowest BCUT2D eigenvalue weighted by molar-refractivity contribution is 0.108. The molecule has 1 saturated heterocycles. The van der Waals surface area contributed by atoms with E-state index in [-0.39, 0.29) is 31.1 Å². The van der Waals surface area contributed by atoms with Crippen molar-refractivity contribution in [1.29, 1.82) is 0 Å². The van der Waals surface area contributed by atoms with Crippen molar-refractivity contribution in [2.24, 2.45) is 4.99 Å². The second-order valence-electron chi connectivity index (χ2n) is 10.9. The molecule has 0 radical (unpaired) electrons. The van der Waals surface area contributed by atoms with Gasteiger partial charge in [0.2, 0.25) is 0 Å². The zero-order valence-electron chi connectivity index (χ0n) is 25.2. The SMILES string of the molecule is CCOc1ccc(OC(C)C)c(C2=NC(c3ccc(Cl)cc3)C(c3ccc(Cl)cc3)N2C(=O)N2CCN(CCO)CC2)c1.Cl. The monoisotopic (exact) mass is 660 g/mol. The number of hydrogen-bond acceptors (Lipinski definition) is 6. The van der Waals surface area contributed by atoms with Crippen LogP contribution in [0.4, 0.5) is 4.79 Å². The summed E-state index contributed by atoms with van der Waals surface area (Å²) in [5, 5.41) is 10.7. The number of halogens is 3. The van der Waals surface area contributed by atoms with Crippen molar-refractivity contribution in [3.63, 3.8) is 0 Å². The van der Waals surface area contributed by atoms with Crippen molar-refractivity contribution in [2.75, 3.05) is 45.9 Å². The van der Waals surface area contributed by atoms with E-state index in [1.807, 2.05) is 97.3 Å². The van der Waals surface area contributed by atoms with Crippen LogP contribution in [0.3, 0.4) is 0 Å². The van der Waals surface area contributed by atoms with Gasteiger partial charge in [-0.2, -0.15) is 0 Å². The third-order valence-electron chi connectivity index (χ3n) is 7.62. The standard InChI is InChI=1S/C33H38Cl2N4O4.ClH/c1-4-42-27-13-14-29(43-22(2)3)28(21-27)32-36-30(23-5-9-25(34)10-6-23)31(24-7-11-26(35)12-8-24)39(32)33(41)38-17-15-37(16-18-38)19-20-40;/h5-14,21-22,30-31,40H,4,15-20H2,1-3H3;1H. The lowest BCUT2D eigenvalue weighted by Gasteiger charge is -2.39. The average Bonchev–Trinajstić information content (AvgIpc) is 3.39. The number of ether oxygens (including phenoxy) is 2. The molecule has 3 aromatic rings. The summed E-state index contributed by atoms with van der Waals surface area (Å²) in [6.07, 6.45) is -0.0958. The summed E-state index contributed by atoms with van der Waals surface area (Å²) in [5.74, 6) is 1.80. The van der Waals surface area contributed by atoms with Gasteiger partial charge >= 0.3 is 6.03 Å². The third-order valence-corrected chi connectivity index (χ3v) is 8.12. The van der Waals surface area contributed by atoms with Gasteiger partial charge < -0.3 is 19.5 Å². The molecule has 44 heavy (non-hydrogen) atoms. The molecule has 2 aliphatic rings. The molecule has 1 fully saturated rings. The molecule has 0 saturated carbocycles. The number of urea groups is 1. The van der Waals surface area contributed by atoms with Gasteiger partial charge in [0.1, 0.15) is 23.4 Å². The van der Waals surface area contributed by atoms with Crippen LogP contribution in [0.15, 0.2) is 71.7 Å². The lowest BCUT2D eigenvalue weighted by Crippen LogP contribution is -2.54. The highest BCUT2D eigenvalue weighted by molar-refractivity contribution is 6.30. The van der Waals surface area contributed by atoms with Crippen molar-refractivity contribution in [2.45, 2.75) is 39.0 Å². The Balaban J connectivity index is 0.00000442. The van der Waals surface area contributed by atoms with Crippen molar-refractivity contribution >= 4 is 47.5 Å². The van der Waals surface area contributed by atoms with Crippen molar-refractivity contribution in [1.82, 2.24) is 14.7 Å². The Morgan fingerprint density at radius 2 is 1.57 bits per heavy atom. The van der Waals surface area contributed by atoms with Gasteiger partial charge in [0.05, 0.1) is 30.9 Å². The Labute approximate surface area is 275 Å². The van der Waals surface area contributed by atoms with Gasteiger partial charge in [-0.05, 0) is 74.4 Å². The molecule has 11 heteroatoms. The number of aliphatic hydroxyl groups is 1. The number of carbonyl (C=O) groups excluding carboxylic acids is 1. The quantitative estimate of drug-likeness (QED) is 0.271. The van der Waals surface area contributed by atoms with Gasteiger partial charge in [-0.15, -0.1) is 12.4 Å². The topological polar surface area (TPSA) is 77.8 Å². The van der Waals surface area contributed by atoms with Gasteiger partial charge in [0.15, 0.2) is 0 Å². The van der Waals surface area contributed by atoms with E-state index in [2.05, 4.69) is 4.90 Å². The minimum atomic E-state index is -0.459. The van der Waals surface area contributed by atoms with Crippen LogP contribution >= 0.6 is 35.6 Å². The number of amidine groups is 1. The minimum absolute atomic E-state index is 0. The van der Waals surface area contributed by atoms with E-state index in [1.165, 1.54) is 0 Å². The fourth-order valence-corrected chi connectivity index (χ4v) is 5.86. The summed E-state index contributed by atoms with van der Waals surface area (Å²) in [5.41, 5.74) is 2.52. The molecular weight excluding hydrogens is 623 g/mol. The molecule has 0 bridgehead atoms. The molecule has 2 atom stereocenters. The number of benzene rings is 3. The number of aliphatic imine (C=N–C) groups is 1. The molecule has 5 rings (SSSR count). The second-order valence-corrected chi connectivity index (χ2v) is 11.8. The van der Waals surface area contributed by atoms with E-state index in [1.54, 1.807) is 0 Å². The zero-order chi connectivity index (χ0) is 30.5. The third kappa shape index (κ3) is 7.61. The maximum atomic E-state index is 14.7. The van der Waals surface area contributed by atoms with Crippen molar-refractivity contribution in [3.8, 4) is 11.5 Å². The van der Waals surface area contributed by atoms with Crippen LogP contribution in [0.2, 0.25) is 10.0 Å². The smallest absolute Gasteiger partial charge is 0.326 e. The molecule has 0 spiro atoms. The summed E-state index contributed by atoms with van der Waals surface area (Å²) < 4.78 is 12.1. The molecule has 2 heterocycles. The number of piperazine rings is 1. The normalized spacial score (nSPS) is 18.7. The highest BCUT2D eigenvalue weighted by Gasteiger charge is 2.45. The van der Waals surface area contributed by atoms with E-state index >= 15 is 0 Å². The van der Waals surface area contributed by atoms with E-state index in [9.17, 15) is 9.90 Å². The fraction of sp³-hybridized carbons (Fsp3) is 0.394. The number of hydrogen-bond donors (Lipinski definition) is 1. The predicted octanol–water partition coefficient (Wildman–Crippen LogP) is 6.88. The number of carbonyl (C=O) groups is 1. The summed E-state index contributed by atoms with van der Waals surface area (Å²) in [6, 6.07) is 19.8. The largest absolute Gasteiger partial charge is 0.494 e. The van der Waals surface area contributed by atoms with Crippen molar-refractivity contribution in [3.05, 3.63) is 93.5 Å². The summed E-state index contributed by atoms with van der Waals surface area (Å²) in [7, 11) is 0. The van der Waals surface area contributed by atoms with E-state index in [4.69, 9.17) is 37.7 Å². The van der Waals surface area contributed by atoms with Crippen LogP contribution < -0.4 is 9.47 Å². The maximum absolute atomic E-state index is 14.7. The molecule has 0 aliphatic carbocycles. The van der Waals surface area contributed by atoms with Crippen LogP contribution in [0.1, 0.15) is 49.5 Å². The molecule has 2 unspecified atom stereocenters. The molecular formula is C33H39Cl3N4O4. The molecule has 2 amide bonds. The van der Waals surface area contributed by atoms with E-state index in [0.717, 1.165) is 11.1 Å². The molecule has 1 N–H and O–H groups in total. The molecule has 2 aliphatic heterocycles. The van der Waals surface area contributed by atoms with Crippen molar-refractivity contribution < 1.29 is 19.4 Å². The Kier molecular flexibility index (Phi) is 11.8. The Bertz CT molecular complexity index is 1430. The fourth-order valence-electron chi connectivity index (χ4n) is 5.61. The van der Waals surface area contributed by atoms with Crippen LogP contribution in [-0.2, 0) is 0 Å². The van der Waals surface area contributed by atoms with Crippen LogP contribution in [-0.4, -0.2) is 83.7 Å². The van der Waals surface area contributed by atoms with Gasteiger partial charge in [-0.3, -0.25) is 14.8 Å². The number of nitrogens with zero attached hydrogens (tertiary/aromatic N) is 4. The minimum Gasteiger partial charge on any atom is -0.494 e. The van der Waals surface area contributed by atoms with Gasteiger partial charge in [-0.1, -0.05) is 47.5 Å². The highest BCUT2D eigenvalue weighted by Crippen LogP contribution is 2.46. The van der Waals surface area contributed by atoms with Gasteiger partial charge in [0.25, 0.3) is 0 Å². The number of rotatable bonds is 9.